The Morgan fingerprint density at radius 1 is 1.07 bits per heavy atom. The molecule has 2 N–H and O–H groups in total. The molecule has 10 heteroatoms. The van der Waals surface area contributed by atoms with Crippen LogP contribution in [0, 0.1) is 0 Å². The van der Waals surface area contributed by atoms with Crippen molar-refractivity contribution in [3.63, 3.8) is 0 Å². The van der Waals surface area contributed by atoms with Gasteiger partial charge < -0.3 is 15.4 Å². The highest BCUT2D eigenvalue weighted by Crippen LogP contribution is 2.29. The van der Waals surface area contributed by atoms with Crippen LogP contribution in [0.3, 0.4) is 0 Å². The van der Waals surface area contributed by atoms with Crippen LogP contribution in [0.2, 0.25) is 10.0 Å². The highest BCUT2D eigenvalue weighted by atomic mass is 35.5. The van der Waals surface area contributed by atoms with Crippen molar-refractivity contribution in [1.29, 1.82) is 0 Å². The number of amides is 1. The van der Waals surface area contributed by atoms with E-state index < -0.39 is 15.9 Å². The number of carbonyl (C=O) groups excluding carboxylic acids is 1. The molecule has 158 valence electrons. The van der Waals surface area contributed by atoms with Gasteiger partial charge in [-0.2, -0.15) is 4.31 Å². The van der Waals surface area contributed by atoms with Gasteiger partial charge in [-0.1, -0.05) is 37.0 Å². The van der Waals surface area contributed by atoms with Crippen molar-refractivity contribution in [3.05, 3.63) is 46.4 Å². The van der Waals surface area contributed by atoms with E-state index >= 15 is 0 Å². The van der Waals surface area contributed by atoms with E-state index in [4.69, 9.17) is 27.9 Å². The van der Waals surface area contributed by atoms with E-state index in [2.05, 4.69) is 10.6 Å². The van der Waals surface area contributed by atoms with Crippen molar-refractivity contribution < 1.29 is 17.9 Å². The van der Waals surface area contributed by atoms with Gasteiger partial charge in [-0.3, -0.25) is 4.79 Å². The zero-order valence-corrected chi connectivity index (χ0v) is 18.7. The second-order valence-corrected chi connectivity index (χ2v) is 8.82. The Morgan fingerprint density at radius 3 is 2.24 bits per heavy atom. The van der Waals surface area contributed by atoms with E-state index in [1.165, 1.54) is 29.6 Å². The van der Waals surface area contributed by atoms with E-state index in [1.54, 1.807) is 32.0 Å². The van der Waals surface area contributed by atoms with E-state index in [0.717, 1.165) is 0 Å². The third-order valence-electron chi connectivity index (χ3n) is 4.10. The van der Waals surface area contributed by atoms with Crippen LogP contribution < -0.4 is 15.4 Å². The molecule has 2 aromatic rings. The molecule has 0 spiro atoms. The molecule has 1 amide bonds. The molecule has 0 radical (unpaired) electrons. The van der Waals surface area contributed by atoms with E-state index in [1.807, 2.05) is 0 Å². The average Bonchev–Trinajstić information content (AvgIpc) is 2.66. The highest BCUT2D eigenvalue weighted by Gasteiger charge is 2.23. The first-order valence-electron chi connectivity index (χ1n) is 8.89. The number of methoxy groups -OCH3 is 1. The summed E-state index contributed by atoms with van der Waals surface area (Å²) >= 11 is 11.9. The number of benzene rings is 2. The van der Waals surface area contributed by atoms with Crippen LogP contribution in [0.5, 0.6) is 5.75 Å². The molecule has 0 heterocycles. The SMILES string of the molecule is CCN(CC)S(=O)(=O)c1ccc(OC)c(NC(=O)CNc2cc(Cl)cc(Cl)c2)c1. The summed E-state index contributed by atoms with van der Waals surface area (Å²) in [5, 5.41) is 6.47. The molecule has 0 aliphatic carbocycles. The van der Waals surface area contributed by atoms with Crippen molar-refractivity contribution in [1.82, 2.24) is 4.31 Å². The Hall–Kier alpha value is -2.00. The lowest BCUT2D eigenvalue weighted by molar-refractivity contribution is -0.114. The molecule has 0 aromatic heterocycles. The molecular weight excluding hydrogens is 437 g/mol. The molecule has 0 fully saturated rings. The van der Waals surface area contributed by atoms with Gasteiger partial charge in [-0.05, 0) is 36.4 Å². The van der Waals surface area contributed by atoms with Crippen LogP contribution in [0.25, 0.3) is 0 Å². The Balaban J connectivity index is 2.19. The number of sulfonamides is 1. The summed E-state index contributed by atoms with van der Waals surface area (Å²) in [6, 6.07) is 9.21. The number of ether oxygens (including phenoxy) is 1. The molecule has 0 aliphatic heterocycles. The number of nitrogens with zero attached hydrogens (tertiary/aromatic N) is 1. The molecule has 0 aliphatic rings. The maximum Gasteiger partial charge on any atom is 0.243 e. The Kier molecular flexibility index (Phi) is 8.15. The summed E-state index contributed by atoms with van der Waals surface area (Å²) in [6.07, 6.45) is 0. The Morgan fingerprint density at radius 2 is 1.69 bits per heavy atom. The Bertz CT molecular complexity index is 959. The number of anilines is 2. The first kappa shape index (κ1) is 23.3. The van der Waals surface area contributed by atoms with Gasteiger partial charge >= 0.3 is 0 Å². The van der Waals surface area contributed by atoms with Crippen LogP contribution in [-0.2, 0) is 14.8 Å². The average molecular weight is 460 g/mol. The number of nitrogens with one attached hydrogen (secondary N) is 2. The minimum absolute atomic E-state index is 0.0758. The lowest BCUT2D eigenvalue weighted by Gasteiger charge is -2.19. The quantitative estimate of drug-likeness (QED) is 0.589. The standard InChI is InChI=1S/C19H23Cl2N3O4S/c1-4-24(5-2)29(26,27)16-6-7-18(28-3)17(11-16)23-19(25)12-22-15-9-13(20)8-14(21)10-15/h6-11,22H,4-5,12H2,1-3H3,(H,23,25). The Labute approximate surface area is 181 Å². The maximum atomic E-state index is 12.7. The van der Waals surface area contributed by atoms with Crippen molar-refractivity contribution in [2.45, 2.75) is 18.7 Å². The van der Waals surface area contributed by atoms with Gasteiger partial charge in [0.25, 0.3) is 0 Å². The molecule has 0 unspecified atom stereocenters. The molecular formula is C19H23Cl2N3O4S. The number of hydrogen-bond acceptors (Lipinski definition) is 5. The molecule has 0 saturated heterocycles. The topological polar surface area (TPSA) is 87.7 Å². The van der Waals surface area contributed by atoms with Crippen molar-refractivity contribution >= 4 is 50.5 Å². The van der Waals surface area contributed by atoms with Crippen molar-refractivity contribution in [3.8, 4) is 5.75 Å². The fraction of sp³-hybridized carbons (Fsp3) is 0.316. The summed E-state index contributed by atoms with van der Waals surface area (Å²) < 4.78 is 32.1. The summed E-state index contributed by atoms with van der Waals surface area (Å²) in [5.74, 6) is -0.0422. The number of halogens is 2. The molecule has 29 heavy (non-hydrogen) atoms. The minimum atomic E-state index is -3.67. The second-order valence-electron chi connectivity index (χ2n) is 6.01. The predicted octanol–water partition coefficient (Wildman–Crippen LogP) is 4.08. The largest absolute Gasteiger partial charge is 0.495 e. The van der Waals surface area contributed by atoms with Crippen LogP contribution in [0.1, 0.15) is 13.8 Å². The zero-order valence-electron chi connectivity index (χ0n) is 16.3. The first-order chi connectivity index (χ1) is 13.7. The molecule has 7 nitrogen and oxygen atoms in total. The number of rotatable bonds is 9. The van der Waals surface area contributed by atoms with Crippen LogP contribution >= 0.6 is 23.2 Å². The van der Waals surface area contributed by atoms with Crippen molar-refractivity contribution in [2.24, 2.45) is 0 Å². The summed E-state index contributed by atoms with van der Waals surface area (Å²) in [4.78, 5) is 12.5. The van der Waals surface area contributed by atoms with E-state index in [0.29, 0.717) is 34.6 Å². The zero-order chi connectivity index (χ0) is 21.6. The fourth-order valence-corrected chi connectivity index (χ4v) is 4.70. The van der Waals surface area contributed by atoms with Gasteiger partial charge in [-0.25, -0.2) is 8.42 Å². The molecule has 2 aromatic carbocycles. The monoisotopic (exact) mass is 459 g/mol. The van der Waals surface area contributed by atoms with Gasteiger partial charge in [0.05, 0.1) is 24.2 Å². The predicted molar refractivity (Wildman–Crippen MR) is 117 cm³/mol. The van der Waals surface area contributed by atoms with Crippen LogP contribution in [0.4, 0.5) is 11.4 Å². The van der Waals surface area contributed by atoms with Crippen LogP contribution in [0.15, 0.2) is 41.3 Å². The molecule has 0 saturated carbocycles. The lowest BCUT2D eigenvalue weighted by atomic mass is 10.3. The van der Waals surface area contributed by atoms with Gasteiger partial charge in [-0.15, -0.1) is 0 Å². The minimum Gasteiger partial charge on any atom is -0.495 e. The third kappa shape index (κ3) is 5.99. The number of carbonyl (C=O) groups is 1. The number of hydrogen-bond donors (Lipinski definition) is 2. The van der Waals surface area contributed by atoms with Crippen molar-refractivity contribution in [2.75, 3.05) is 37.4 Å². The highest BCUT2D eigenvalue weighted by molar-refractivity contribution is 7.89. The van der Waals surface area contributed by atoms with Crippen LogP contribution in [-0.4, -0.2) is 45.4 Å². The van der Waals surface area contributed by atoms with E-state index in [9.17, 15) is 13.2 Å². The summed E-state index contributed by atoms with van der Waals surface area (Å²) in [7, 11) is -2.23. The lowest BCUT2D eigenvalue weighted by Crippen LogP contribution is -2.30. The summed E-state index contributed by atoms with van der Waals surface area (Å²) in [6.45, 7) is 4.15. The normalized spacial score (nSPS) is 11.4. The first-order valence-corrected chi connectivity index (χ1v) is 11.1. The smallest absolute Gasteiger partial charge is 0.243 e. The van der Waals surface area contributed by atoms with Gasteiger partial charge in [0.2, 0.25) is 15.9 Å². The molecule has 2 rings (SSSR count). The fourth-order valence-electron chi connectivity index (χ4n) is 2.69. The molecule has 0 atom stereocenters. The second kappa shape index (κ2) is 10.2. The molecule has 0 bridgehead atoms. The van der Waals surface area contributed by atoms with Gasteiger partial charge in [0.1, 0.15) is 5.75 Å². The van der Waals surface area contributed by atoms with Gasteiger partial charge in [0.15, 0.2) is 0 Å². The van der Waals surface area contributed by atoms with Gasteiger partial charge in [0, 0.05) is 28.8 Å². The van der Waals surface area contributed by atoms with E-state index in [-0.39, 0.29) is 17.1 Å². The maximum absolute atomic E-state index is 12.7. The third-order valence-corrected chi connectivity index (χ3v) is 6.59. The summed E-state index contributed by atoms with van der Waals surface area (Å²) in [5.41, 5.74) is 0.846.